The van der Waals surface area contributed by atoms with Gasteiger partial charge in [-0.25, -0.2) is 9.18 Å². The van der Waals surface area contributed by atoms with Crippen LogP contribution in [-0.4, -0.2) is 36.3 Å². The Morgan fingerprint density at radius 1 is 1.30 bits per heavy atom. The Labute approximate surface area is 110 Å². The zero-order valence-corrected chi connectivity index (χ0v) is 9.83. The molecule has 5 nitrogen and oxygen atoms in total. The average molecular weight is 295 g/mol. The molecule has 1 rings (SSSR count). The van der Waals surface area contributed by atoms with Crippen molar-refractivity contribution in [1.29, 1.82) is 0 Å². The SMILES string of the molecule is O=C(COc1ccc(C(=O)O)c(F)c1)NCC(F)(F)F. The lowest BCUT2D eigenvalue weighted by atomic mass is 10.2. The Balaban J connectivity index is 2.52. The Morgan fingerprint density at radius 2 is 1.95 bits per heavy atom. The van der Waals surface area contributed by atoms with E-state index in [1.54, 1.807) is 5.32 Å². The van der Waals surface area contributed by atoms with Crippen LogP contribution in [0.2, 0.25) is 0 Å². The molecular weight excluding hydrogens is 286 g/mol. The topological polar surface area (TPSA) is 75.6 Å². The number of halogens is 4. The van der Waals surface area contributed by atoms with Crippen molar-refractivity contribution < 1.29 is 37.0 Å². The summed E-state index contributed by atoms with van der Waals surface area (Å²) < 4.78 is 53.3. The van der Waals surface area contributed by atoms with Crippen molar-refractivity contribution >= 4 is 11.9 Å². The van der Waals surface area contributed by atoms with E-state index >= 15 is 0 Å². The largest absolute Gasteiger partial charge is 0.484 e. The fourth-order valence-corrected chi connectivity index (χ4v) is 1.16. The molecule has 0 atom stereocenters. The molecule has 20 heavy (non-hydrogen) atoms. The molecule has 0 saturated carbocycles. The maximum atomic E-state index is 13.2. The molecule has 0 aliphatic heterocycles. The molecule has 1 aromatic carbocycles. The number of alkyl halides is 3. The van der Waals surface area contributed by atoms with Gasteiger partial charge < -0.3 is 15.2 Å². The number of carbonyl (C=O) groups is 2. The highest BCUT2D eigenvalue weighted by Gasteiger charge is 2.27. The van der Waals surface area contributed by atoms with Crippen molar-refractivity contribution in [2.75, 3.05) is 13.2 Å². The minimum absolute atomic E-state index is 0.172. The van der Waals surface area contributed by atoms with Crippen LogP contribution in [0.15, 0.2) is 18.2 Å². The summed E-state index contributed by atoms with van der Waals surface area (Å²) in [4.78, 5) is 21.5. The monoisotopic (exact) mass is 295 g/mol. The van der Waals surface area contributed by atoms with Crippen LogP contribution in [0, 0.1) is 5.82 Å². The predicted molar refractivity (Wildman–Crippen MR) is 57.9 cm³/mol. The average Bonchev–Trinajstić information content (AvgIpc) is 2.32. The first kappa shape index (κ1) is 15.7. The molecule has 110 valence electrons. The summed E-state index contributed by atoms with van der Waals surface area (Å²) >= 11 is 0. The molecular formula is C11H9F4NO4. The summed E-state index contributed by atoms with van der Waals surface area (Å²) in [5, 5.41) is 10.1. The molecule has 0 spiro atoms. The van der Waals surface area contributed by atoms with Crippen LogP contribution in [0.3, 0.4) is 0 Å². The number of rotatable bonds is 5. The standard InChI is InChI=1S/C11H9F4NO4/c12-8-3-6(1-2-7(8)10(18)19)20-4-9(17)16-5-11(13,14)15/h1-3H,4-5H2,(H,16,17)(H,18,19). The minimum Gasteiger partial charge on any atom is -0.484 e. The molecule has 0 saturated heterocycles. The number of carboxylic acids is 1. The number of aromatic carboxylic acids is 1. The normalized spacial score (nSPS) is 11.0. The van der Waals surface area contributed by atoms with Gasteiger partial charge >= 0.3 is 12.1 Å². The second-order valence-electron chi connectivity index (χ2n) is 3.63. The van der Waals surface area contributed by atoms with Gasteiger partial charge in [-0.3, -0.25) is 4.79 Å². The first-order valence-electron chi connectivity index (χ1n) is 5.18. The molecule has 1 amide bonds. The zero-order valence-electron chi connectivity index (χ0n) is 9.83. The van der Waals surface area contributed by atoms with Crippen LogP contribution < -0.4 is 10.1 Å². The minimum atomic E-state index is -4.54. The van der Waals surface area contributed by atoms with Gasteiger partial charge in [0, 0.05) is 6.07 Å². The van der Waals surface area contributed by atoms with Crippen molar-refractivity contribution in [2.45, 2.75) is 6.18 Å². The number of benzene rings is 1. The van der Waals surface area contributed by atoms with E-state index in [1.807, 2.05) is 0 Å². The number of carbonyl (C=O) groups excluding carboxylic acids is 1. The summed E-state index contributed by atoms with van der Waals surface area (Å²) in [7, 11) is 0. The van der Waals surface area contributed by atoms with Gasteiger partial charge in [0.25, 0.3) is 5.91 Å². The molecule has 0 aliphatic rings. The molecule has 9 heteroatoms. The number of hydrogen-bond donors (Lipinski definition) is 2. The highest BCUT2D eigenvalue weighted by molar-refractivity contribution is 5.88. The summed E-state index contributed by atoms with van der Waals surface area (Å²) in [6.45, 7) is -2.25. The van der Waals surface area contributed by atoms with Crippen molar-refractivity contribution in [3.05, 3.63) is 29.6 Å². The lowest BCUT2D eigenvalue weighted by Crippen LogP contribution is -2.36. The summed E-state index contributed by atoms with van der Waals surface area (Å²) in [6.07, 6.45) is -4.54. The van der Waals surface area contributed by atoms with E-state index in [-0.39, 0.29) is 5.75 Å². The quantitative estimate of drug-likeness (QED) is 0.809. The van der Waals surface area contributed by atoms with E-state index in [4.69, 9.17) is 9.84 Å². The van der Waals surface area contributed by atoms with Crippen LogP contribution in [0.4, 0.5) is 17.6 Å². The molecule has 0 heterocycles. The number of nitrogens with one attached hydrogen (secondary N) is 1. The third kappa shape index (κ3) is 5.12. The van der Waals surface area contributed by atoms with Gasteiger partial charge in [-0.15, -0.1) is 0 Å². The Kier molecular flexibility index (Phi) is 4.89. The lowest BCUT2D eigenvalue weighted by Gasteiger charge is -2.09. The fraction of sp³-hybridized carbons (Fsp3) is 0.273. The third-order valence-electron chi connectivity index (χ3n) is 2.03. The summed E-state index contributed by atoms with van der Waals surface area (Å²) in [5.41, 5.74) is -0.584. The maximum absolute atomic E-state index is 13.2. The van der Waals surface area contributed by atoms with E-state index in [0.717, 1.165) is 18.2 Å². The van der Waals surface area contributed by atoms with Gasteiger partial charge in [0.05, 0.1) is 5.56 Å². The van der Waals surface area contributed by atoms with Crippen molar-refractivity contribution in [3.8, 4) is 5.75 Å². The van der Waals surface area contributed by atoms with Crippen molar-refractivity contribution in [3.63, 3.8) is 0 Å². The zero-order chi connectivity index (χ0) is 15.3. The highest BCUT2D eigenvalue weighted by Crippen LogP contribution is 2.16. The van der Waals surface area contributed by atoms with E-state index in [9.17, 15) is 27.2 Å². The molecule has 2 N–H and O–H groups in total. The van der Waals surface area contributed by atoms with Crippen LogP contribution in [0.5, 0.6) is 5.75 Å². The number of carboxylic acid groups (broad SMARTS) is 1. The smallest absolute Gasteiger partial charge is 0.405 e. The number of amides is 1. The lowest BCUT2D eigenvalue weighted by molar-refractivity contribution is -0.139. The Bertz CT molecular complexity index is 516. The van der Waals surface area contributed by atoms with Crippen molar-refractivity contribution in [1.82, 2.24) is 5.32 Å². The van der Waals surface area contributed by atoms with E-state index in [0.29, 0.717) is 0 Å². The molecule has 0 aromatic heterocycles. The number of hydrogen-bond acceptors (Lipinski definition) is 3. The summed E-state index contributed by atoms with van der Waals surface area (Å²) in [5.74, 6) is -3.76. The number of ether oxygens (including phenoxy) is 1. The molecule has 0 unspecified atom stereocenters. The first-order chi connectivity index (χ1) is 9.19. The van der Waals surface area contributed by atoms with Crippen LogP contribution in [0.1, 0.15) is 10.4 Å². The maximum Gasteiger partial charge on any atom is 0.405 e. The fourth-order valence-electron chi connectivity index (χ4n) is 1.16. The van der Waals surface area contributed by atoms with Crippen LogP contribution in [0.25, 0.3) is 0 Å². The Morgan fingerprint density at radius 3 is 2.45 bits per heavy atom. The molecule has 1 aromatic rings. The Hall–Kier alpha value is -2.32. The first-order valence-corrected chi connectivity index (χ1v) is 5.18. The van der Waals surface area contributed by atoms with Gasteiger partial charge in [-0.2, -0.15) is 13.2 Å². The second kappa shape index (κ2) is 6.22. The molecule has 0 bridgehead atoms. The van der Waals surface area contributed by atoms with Gasteiger partial charge in [0.1, 0.15) is 18.1 Å². The van der Waals surface area contributed by atoms with Gasteiger partial charge in [-0.1, -0.05) is 0 Å². The van der Waals surface area contributed by atoms with Crippen molar-refractivity contribution in [2.24, 2.45) is 0 Å². The van der Waals surface area contributed by atoms with Gasteiger partial charge in [0.2, 0.25) is 0 Å². The van der Waals surface area contributed by atoms with Gasteiger partial charge in [-0.05, 0) is 12.1 Å². The predicted octanol–water partition coefficient (Wildman–Crippen LogP) is 1.58. The van der Waals surface area contributed by atoms with E-state index in [1.165, 1.54) is 0 Å². The van der Waals surface area contributed by atoms with Gasteiger partial charge in [0.15, 0.2) is 6.61 Å². The van der Waals surface area contributed by atoms with Crippen LogP contribution >= 0.6 is 0 Å². The van der Waals surface area contributed by atoms with Crippen LogP contribution in [-0.2, 0) is 4.79 Å². The molecule has 0 radical (unpaired) electrons. The molecule has 0 aliphatic carbocycles. The third-order valence-corrected chi connectivity index (χ3v) is 2.03. The second-order valence-corrected chi connectivity index (χ2v) is 3.63. The molecule has 0 fully saturated rings. The van der Waals surface area contributed by atoms with E-state index < -0.39 is 42.6 Å². The van der Waals surface area contributed by atoms with E-state index in [2.05, 4.69) is 0 Å². The summed E-state index contributed by atoms with van der Waals surface area (Å²) in [6, 6.07) is 2.73. The highest BCUT2D eigenvalue weighted by atomic mass is 19.4.